The summed E-state index contributed by atoms with van der Waals surface area (Å²) in [6.45, 7) is 0.303. The fraction of sp³-hybridized carbons (Fsp3) is 0.179. The SMILES string of the molecule is COc1ccc2cc1OCC(=O)NCc1cc(C(=O)NCCc3ccc(S(N)(=O)=O)cc3)cc(c1)-n1ccnc1-2. The van der Waals surface area contributed by atoms with Crippen LogP contribution in [-0.2, 0) is 27.8 Å². The van der Waals surface area contributed by atoms with E-state index in [4.69, 9.17) is 14.6 Å². The number of rotatable bonds is 6. The molecule has 4 aromatic rings. The molecule has 2 heterocycles. The largest absolute Gasteiger partial charge is 0.493 e. The summed E-state index contributed by atoms with van der Waals surface area (Å²) in [4.78, 5) is 30.2. The van der Waals surface area contributed by atoms with E-state index >= 15 is 0 Å². The number of carbonyl (C=O) groups excluding carboxylic acids is 2. The summed E-state index contributed by atoms with van der Waals surface area (Å²) in [5.41, 5.74) is 3.41. The van der Waals surface area contributed by atoms with Crippen LogP contribution in [0.2, 0.25) is 0 Å². The van der Waals surface area contributed by atoms with Gasteiger partial charge in [0.25, 0.3) is 11.8 Å². The number of aromatic nitrogens is 2. The second-order valence-electron chi connectivity index (χ2n) is 9.13. The zero-order valence-electron chi connectivity index (χ0n) is 21.6. The maximum absolute atomic E-state index is 13.2. The molecule has 1 aliphatic heterocycles. The molecule has 0 spiro atoms. The number of nitrogens with zero attached hydrogens (tertiary/aromatic N) is 2. The van der Waals surface area contributed by atoms with Crippen molar-refractivity contribution in [2.45, 2.75) is 17.9 Å². The Kier molecular flexibility index (Phi) is 7.54. The quantitative estimate of drug-likeness (QED) is 0.326. The third-order valence-corrected chi connectivity index (χ3v) is 7.31. The number of primary sulfonamides is 1. The average Bonchev–Trinajstić information content (AvgIpc) is 3.44. The molecule has 0 radical (unpaired) electrons. The molecule has 0 saturated carbocycles. The van der Waals surface area contributed by atoms with Gasteiger partial charge in [-0.15, -0.1) is 0 Å². The molecule has 4 N–H and O–H groups in total. The van der Waals surface area contributed by atoms with Crippen molar-refractivity contribution >= 4 is 21.8 Å². The zero-order chi connectivity index (χ0) is 28.3. The number of carbonyl (C=O) groups is 2. The van der Waals surface area contributed by atoms with Crippen LogP contribution in [-0.4, -0.2) is 50.0 Å². The summed E-state index contributed by atoms with van der Waals surface area (Å²) >= 11 is 0. The van der Waals surface area contributed by atoms with Gasteiger partial charge in [0.1, 0.15) is 5.82 Å². The third kappa shape index (κ3) is 5.98. The van der Waals surface area contributed by atoms with Gasteiger partial charge in [0.15, 0.2) is 18.1 Å². The molecule has 40 heavy (non-hydrogen) atoms. The number of fused-ring (bicyclic) bond motifs is 7. The summed E-state index contributed by atoms with van der Waals surface area (Å²) in [6, 6.07) is 16.9. The molecule has 5 rings (SSSR count). The van der Waals surface area contributed by atoms with E-state index in [1.54, 1.807) is 48.8 Å². The van der Waals surface area contributed by atoms with E-state index in [0.717, 1.165) is 16.7 Å². The molecular weight excluding hydrogens is 534 g/mol. The molecule has 0 saturated heterocycles. The third-order valence-electron chi connectivity index (χ3n) is 6.38. The standard InChI is InChI=1S/C28H27N5O6S/c1-38-24-7-4-20-15-25(24)39-17-26(34)32-16-19-12-21(14-22(13-19)33-11-10-30-27(20)33)28(35)31-9-8-18-2-5-23(6-3-18)40(29,36)37/h2-7,10-15H,8-9,16-17H2,1H3,(H,31,35)(H,32,34)(H2,29,36,37). The summed E-state index contributed by atoms with van der Waals surface area (Å²) in [7, 11) is -2.24. The predicted octanol–water partition coefficient (Wildman–Crippen LogP) is 2.18. The number of benzene rings is 3. The minimum absolute atomic E-state index is 0.0309. The molecule has 0 fully saturated rings. The molecule has 206 valence electrons. The van der Waals surface area contributed by atoms with Crippen LogP contribution in [0.4, 0.5) is 0 Å². The highest BCUT2D eigenvalue weighted by molar-refractivity contribution is 7.89. The van der Waals surface area contributed by atoms with E-state index in [-0.39, 0.29) is 29.9 Å². The lowest BCUT2D eigenvalue weighted by molar-refractivity contribution is -0.123. The fourth-order valence-corrected chi connectivity index (χ4v) is 4.88. The molecule has 0 aliphatic carbocycles. The van der Waals surface area contributed by atoms with Crippen LogP contribution in [0, 0.1) is 0 Å². The second kappa shape index (κ2) is 11.2. The van der Waals surface area contributed by atoms with Crippen molar-refractivity contribution in [2.75, 3.05) is 20.3 Å². The number of hydrogen-bond acceptors (Lipinski definition) is 7. The Morgan fingerprint density at radius 1 is 1.15 bits per heavy atom. The lowest BCUT2D eigenvalue weighted by Crippen LogP contribution is -2.29. The topological polar surface area (TPSA) is 155 Å². The first-order valence-corrected chi connectivity index (χ1v) is 13.9. The molecule has 1 aromatic heterocycles. The maximum atomic E-state index is 13.2. The first kappa shape index (κ1) is 26.9. The van der Waals surface area contributed by atoms with Crippen LogP contribution in [0.3, 0.4) is 0 Å². The normalized spacial score (nSPS) is 13.0. The number of imidazole rings is 1. The first-order chi connectivity index (χ1) is 19.2. The molecule has 4 bridgehead atoms. The van der Waals surface area contributed by atoms with Gasteiger partial charge in [-0.25, -0.2) is 18.5 Å². The van der Waals surface area contributed by atoms with Gasteiger partial charge in [0, 0.05) is 42.3 Å². The van der Waals surface area contributed by atoms with E-state index in [2.05, 4.69) is 15.6 Å². The van der Waals surface area contributed by atoms with Gasteiger partial charge in [-0.1, -0.05) is 12.1 Å². The van der Waals surface area contributed by atoms with Gasteiger partial charge in [-0.3, -0.25) is 14.2 Å². The molecule has 1 aliphatic rings. The highest BCUT2D eigenvalue weighted by Gasteiger charge is 2.17. The monoisotopic (exact) mass is 561 g/mol. The number of hydrogen-bond donors (Lipinski definition) is 3. The first-order valence-electron chi connectivity index (χ1n) is 12.4. The van der Waals surface area contributed by atoms with Gasteiger partial charge in [-0.05, 0) is 66.1 Å². The van der Waals surface area contributed by atoms with E-state index in [0.29, 0.717) is 41.5 Å². The molecule has 0 atom stereocenters. The molecule has 3 aromatic carbocycles. The van der Waals surface area contributed by atoms with E-state index < -0.39 is 10.0 Å². The minimum atomic E-state index is -3.76. The molecule has 11 nitrogen and oxygen atoms in total. The van der Waals surface area contributed by atoms with Crippen molar-refractivity contribution in [2.24, 2.45) is 5.14 Å². The number of nitrogens with two attached hydrogens (primary N) is 1. The number of nitrogens with one attached hydrogen (secondary N) is 2. The van der Waals surface area contributed by atoms with E-state index in [1.165, 1.54) is 19.2 Å². The van der Waals surface area contributed by atoms with E-state index in [9.17, 15) is 18.0 Å². The van der Waals surface area contributed by atoms with Crippen molar-refractivity contribution in [1.82, 2.24) is 20.2 Å². The Bertz CT molecular complexity index is 1680. The summed E-state index contributed by atoms with van der Waals surface area (Å²) < 4.78 is 35.9. The average molecular weight is 562 g/mol. The van der Waals surface area contributed by atoms with Crippen molar-refractivity contribution in [3.63, 3.8) is 0 Å². The Morgan fingerprint density at radius 2 is 1.95 bits per heavy atom. The number of sulfonamides is 1. The lowest BCUT2D eigenvalue weighted by atomic mass is 10.1. The summed E-state index contributed by atoms with van der Waals surface area (Å²) in [6.07, 6.45) is 3.95. The smallest absolute Gasteiger partial charge is 0.258 e. The van der Waals surface area contributed by atoms with Crippen LogP contribution < -0.4 is 25.2 Å². The Labute approximate surface area is 231 Å². The van der Waals surface area contributed by atoms with Gasteiger partial charge < -0.3 is 20.1 Å². The Balaban J connectivity index is 1.41. The lowest BCUT2D eigenvalue weighted by Gasteiger charge is -2.14. The number of methoxy groups -OCH3 is 1. The molecule has 12 heteroatoms. The van der Waals surface area contributed by atoms with Gasteiger partial charge >= 0.3 is 0 Å². The van der Waals surface area contributed by atoms with Crippen molar-refractivity contribution in [3.8, 4) is 28.6 Å². The molecular formula is C28H27N5O6S. The Morgan fingerprint density at radius 3 is 2.70 bits per heavy atom. The minimum Gasteiger partial charge on any atom is -0.493 e. The molecule has 2 amide bonds. The maximum Gasteiger partial charge on any atom is 0.258 e. The Hall–Kier alpha value is -4.68. The second-order valence-corrected chi connectivity index (χ2v) is 10.7. The predicted molar refractivity (Wildman–Crippen MR) is 147 cm³/mol. The van der Waals surface area contributed by atoms with Crippen LogP contribution in [0.25, 0.3) is 17.1 Å². The zero-order valence-corrected chi connectivity index (χ0v) is 22.4. The van der Waals surface area contributed by atoms with Crippen molar-refractivity contribution in [1.29, 1.82) is 0 Å². The fourth-order valence-electron chi connectivity index (χ4n) is 4.36. The van der Waals surface area contributed by atoms with E-state index in [1.807, 2.05) is 16.7 Å². The molecule has 0 unspecified atom stereocenters. The van der Waals surface area contributed by atoms with Crippen LogP contribution >= 0.6 is 0 Å². The highest BCUT2D eigenvalue weighted by atomic mass is 32.2. The van der Waals surface area contributed by atoms with Crippen molar-refractivity contribution in [3.05, 3.63) is 89.7 Å². The van der Waals surface area contributed by atoms with Crippen LogP contribution in [0.5, 0.6) is 11.5 Å². The van der Waals surface area contributed by atoms with Gasteiger partial charge in [0.05, 0.1) is 12.0 Å². The van der Waals surface area contributed by atoms with Crippen LogP contribution in [0.15, 0.2) is 78.0 Å². The van der Waals surface area contributed by atoms with Gasteiger partial charge in [-0.2, -0.15) is 0 Å². The summed E-state index contributed by atoms with van der Waals surface area (Å²) in [5, 5.41) is 10.9. The van der Waals surface area contributed by atoms with Gasteiger partial charge in [0.2, 0.25) is 10.0 Å². The number of ether oxygens (including phenoxy) is 2. The van der Waals surface area contributed by atoms with Crippen LogP contribution in [0.1, 0.15) is 21.5 Å². The summed E-state index contributed by atoms with van der Waals surface area (Å²) in [5.74, 6) is 0.905. The van der Waals surface area contributed by atoms with Crippen molar-refractivity contribution < 1.29 is 27.5 Å². The highest BCUT2D eigenvalue weighted by Crippen LogP contribution is 2.33. The number of amides is 2.